The van der Waals surface area contributed by atoms with Crippen LogP contribution in [0.2, 0.25) is 5.02 Å². The van der Waals surface area contributed by atoms with Gasteiger partial charge in [-0.2, -0.15) is 10.2 Å². The predicted molar refractivity (Wildman–Crippen MR) is 115 cm³/mol. The van der Waals surface area contributed by atoms with Crippen molar-refractivity contribution in [2.24, 2.45) is 11.3 Å². The molecule has 148 valence electrons. The van der Waals surface area contributed by atoms with Gasteiger partial charge in [-0.05, 0) is 54.7 Å². The maximum atomic E-state index is 9.46. The van der Waals surface area contributed by atoms with Crippen LogP contribution in [0.5, 0.6) is 0 Å². The van der Waals surface area contributed by atoms with Gasteiger partial charge in [0.05, 0.1) is 6.20 Å². The van der Waals surface area contributed by atoms with Gasteiger partial charge < -0.3 is 10.6 Å². The quantitative estimate of drug-likeness (QED) is 0.693. The zero-order chi connectivity index (χ0) is 20.1. The molecule has 2 N–H and O–H groups in total. The number of hydrogen-bond acceptors (Lipinski definition) is 5. The Morgan fingerprint density at radius 2 is 2.14 bits per heavy atom. The fourth-order valence-corrected chi connectivity index (χ4v) is 4.30. The summed E-state index contributed by atoms with van der Waals surface area (Å²) in [5.41, 5.74) is 1.80. The first-order valence-corrected chi connectivity index (χ1v) is 10.3. The first kappa shape index (κ1) is 20.4. The summed E-state index contributed by atoms with van der Waals surface area (Å²) in [7, 11) is 0. The van der Waals surface area contributed by atoms with Gasteiger partial charge in [0, 0.05) is 17.6 Å². The lowest BCUT2D eigenvalue weighted by Gasteiger charge is -2.42. The molecule has 1 aromatic carbocycles. The smallest absolute Gasteiger partial charge is 0.224 e. The number of nitriles is 1. The number of halogens is 1. The van der Waals surface area contributed by atoms with Crippen LogP contribution in [0, 0.1) is 22.7 Å². The van der Waals surface area contributed by atoms with Crippen LogP contribution in [0.1, 0.15) is 51.2 Å². The maximum absolute atomic E-state index is 9.46. The highest BCUT2D eigenvalue weighted by Crippen LogP contribution is 2.40. The SMILES string of the molecule is C[C@@H]1CC[C@H](Nc2nc(NCCc3cccc(Cl)c3)ncc2C#N)C(C)(C)C1. The largest absolute Gasteiger partial charge is 0.366 e. The van der Waals surface area contributed by atoms with Crippen LogP contribution in [-0.4, -0.2) is 22.6 Å². The molecule has 3 rings (SSSR count). The number of aromatic nitrogens is 2. The number of anilines is 2. The minimum absolute atomic E-state index is 0.162. The minimum atomic E-state index is 0.162. The van der Waals surface area contributed by atoms with Gasteiger partial charge in [-0.3, -0.25) is 0 Å². The van der Waals surface area contributed by atoms with Crippen LogP contribution in [0.4, 0.5) is 11.8 Å². The Labute approximate surface area is 172 Å². The third kappa shape index (κ3) is 5.14. The van der Waals surface area contributed by atoms with Crippen molar-refractivity contribution in [3.63, 3.8) is 0 Å². The van der Waals surface area contributed by atoms with E-state index in [1.165, 1.54) is 12.8 Å². The minimum Gasteiger partial charge on any atom is -0.366 e. The molecule has 0 bridgehead atoms. The van der Waals surface area contributed by atoms with Gasteiger partial charge in [-0.25, -0.2) is 4.98 Å². The Bertz CT molecular complexity index is 858. The van der Waals surface area contributed by atoms with Gasteiger partial charge in [0.25, 0.3) is 0 Å². The van der Waals surface area contributed by atoms with Gasteiger partial charge in [-0.1, -0.05) is 44.5 Å². The Hall–Kier alpha value is -2.32. The second kappa shape index (κ2) is 8.79. The standard InChI is InChI=1S/C22H28ClN5/c1-15-7-8-19(22(2,3)12-15)27-20-17(13-24)14-26-21(28-20)25-10-9-16-5-4-6-18(23)11-16/h4-6,11,14-15,19H,7-10,12H2,1-3H3,(H2,25,26,27,28)/t15-,19+/m1/s1. The third-order valence-electron chi connectivity index (χ3n) is 5.57. The summed E-state index contributed by atoms with van der Waals surface area (Å²) in [4.78, 5) is 8.88. The van der Waals surface area contributed by atoms with Crippen molar-refractivity contribution in [2.45, 2.75) is 52.5 Å². The lowest BCUT2D eigenvalue weighted by atomic mass is 9.69. The van der Waals surface area contributed by atoms with E-state index in [1.54, 1.807) is 6.20 Å². The monoisotopic (exact) mass is 397 g/mol. The van der Waals surface area contributed by atoms with E-state index < -0.39 is 0 Å². The van der Waals surface area contributed by atoms with Crippen molar-refractivity contribution in [1.82, 2.24) is 9.97 Å². The number of rotatable bonds is 6. The topological polar surface area (TPSA) is 73.6 Å². The van der Waals surface area contributed by atoms with Crippen LogP contribution in [0.15, 0.2) is 30.5 Å². The molecule has 6 heteroatoms. The first-order valence-electron chi connectivity index (χ1n) is 9.89. The van der Waals surface area contributed by atoms with Crippen LogP contribution < -0.4 is 10.6 Å². The summed E-state index contributed by atoms with van der Waals surface area (Å²) in [6.45, 7) is 7.58. The lowest BCUT2D eigenvalue weighted by molar-refractivity contribution is 0.169. The van der Waals surface area contributed by atoms with Gasteiger partial charge in [0.2, 0.25) is 5.95 Å². The van der Waals surface area contributed by atoms with E-state index in [1.807, 2.05) is 24.3 Å². The predicted octanol–water partition coefficient (Wildman–Crippen LogP) is 5.28. The average Bonchev–Trinajstić information content (AvgIpc) is 2.64. The third-order valence-corrected chi connectivity index (χ3v) is 5.81. The summed E-state index contributed by atoms with van der Waals surface area (Å²) < 4.78 is 0. The molecule has 0 radical (unpaired) electrons. The molecule has 1 saturated carbocycles. The summed E-state index contributed by atoms with van der Waals surface area (Å²) in [6, 6.07) is 10.3. The van der Waals surface area contributed by atoms with Crippen molar-refractivity contribution in [1.29, 1.82) is 5.26 Å². The van der Waals surface area contributed by atoms with E-state index in [-0.39, 0.29) is 5.41 Å². The molecule has 0 aliphatic heterocycles. The van der Waals surface area contributed by atoms with E-state index in [4.69, 9.17) is 11.6 Å². The molecule has 1 aliphatic carbocycles. The van der Waals surface area contributed by atoms with Crippen molar-refractivity contribution >= 4 is 23.4 Å². The van der Waals surface area contributed by atoms with Gasteiger partial charge in [0.15, 0.2) is 0 Å². The number of nitrogens with zero attached hydrogens (tertiary/aromatic N) is 3. The van der Waals surface area contributed by atoms with Gasteiger partial charge in [0.1, 0.15) is 17.5 Å². The Kier molecular flexibility index (Phi) is 6.41. The van der Waals surface area contributed by atoms with Crippen LogP contribution in [0.25, 0.3) is 0 Å². The van der Waals surface area contributed by atoms with Crippen molar-refractivity contribution in [3.05, 3.63) is 46.6 Å². The molecular formula is C22H28ClN5. The van der Waals surface area contributed by atoms with Crippen LogP contribution in [0.3, 0.4) is 0 Å². The molecule has 0 amide bonds. The van der Waals surface area contributed by atoms with Crippen molar-refractivity contribution in [2.75, 3.05) is 17.2 Å². The van der Waals surface area contributed by atoms with Crippen LogP contribution in [-0.2, 0) is 6.42 Å². The zero-order valence-corrected chi connectivity index (χ0v) is 17.6. The zero-order valence-electron chi connectivity index (χ0n) is 16.8. The Morgan fingerprint density at radius 3 is 2.86 bits per heavy atom. The van der Waals surface area contributed by atoms with Crippen LogP contribution >= 0.6 is 11.6 Å². The molecule has 2 atom stereocenters. The summed E-state index contributed by atoms with van der Waals surface area (Å²) in [5, 5.41) is 17.0. The van der Waals surface area contributed by atoms with E-state index in [9.17, 15) is 5.26 Å². The molecule has 0 saturated heterocycles. The maximum Gasteiger partial charge on any atom is 0.224 e. The summed E-state index contributed by atoms with van der Waals surface area (Å²) in [5.74, 6) is 1.89. The second-order valence-electron chi connectivity index (χ2n) is 8.45. The molecular weight excluding hydrogens is 370 g/mol. The molecule has 0 spiro atoms. The summed E-state index contributed by atoms with van der Waals surface area (Å²) in [6.07, 6.45) is 5.86. The molecule has 28 heavy (non-hydrogen) atoms. The number of nitrogens with one attached hydrogen (secondary N) is 2. The van der Waals surface area contributed by atoms with E-state index in [0.29, 0.717) is 29.9 Å². The second-order valence-corrected chi connectivity index (χ2v) is 8.88. The molecule has 5 nitrogen and oxygen atoms in total. The first-order chi connectivity index (χ1) is 13.4. The lowest BCUT2D eigenvalue weighted by Crippen LogP contribution is -2.41. The molecule has 1 heterocycles. The van der Waals surface area contributed by atoms with Gasteiger partial charge >= 0.3 is 0 Å². The number of benzene rings is 1. The Morgan fingerprint density at radius 1 is 1.32 bits per heavy atom. The molecule has 1 aromatic heterocycles. The van der Waals surface area contributed by atoms with E-state index in [0.717, 1.165) is 29.3 Å². The normalized spacial score (nSPS) is 21.0. The highest BCUT2D eigenvalue weighted by atomic mass is 35.5. The summed E-state index contributed by atoms with van der Waals surface area (Å²) >= 11 is 6.04. The fourth-order valence-electron chi connectivity index (χ4n) is 4.09. The molecule has 1 aliphatic rings. The highest BCUT2D eigenvalue weighted by Gasteiger charge is 2.35. The molecule has 0 unspecified atom stereocenters. The number of hydrogen-bond donors (Lipinski definition) is 2. The van der Waals surface area contributed by atoms with Crippen molar-refractivity contribution in [3.8, 4) is 6.07 Å². The fraction of sp³-hybridized carbons (Fsp3) is 0.500. The Balaban J connectivity index is 1.67. The van der Waals surface area contributed by atoms with E-state index in [2.05, 4.69) is 47.4 Å². The van der Waals surface area contributed by atoms with Crippen molar-refractivity contribution < 1.29 is 0 Å². The van der Waals surface area contributed by atoms with Gasteiger partial charge in [-0.15, -0.1) is 0 Å². The highest BCUT2D eigenvalue weighted by molar-refractivity contribution is 6.30. The van der Waals surface area contributed by atoms with E-state index >= 15 is 0 Å². The molecule has 2 aromatic rings. The molecule has 1 fully saturated rings. The average molecular weight is 398 g/mol.